The van der Waals surface area contributed by atoms with Crippen molar-refractivity contribution in [2.75, 3.05) is 11.9 Å². The fourth-order valence-corrected chi connectivity index (χ4v) is 3.39. The molecule has 0 heterocycles. The van der Waals surface area contributed by atoms with Crippen LogP contribution in [0.4, 0.5) is 11.4 Å². The molecule has 4 rings (SSSR count). The number of rotatable bonds is 6. The number of aryl methyl sites for hydroxylation is 2. The molecule has 4 aromatic rings. The van der Waals surface area contributed by atoms with Crippen molar-refractivity contribution >= 4 is 34.3 Å². The topological polar surface area (TPSA) is 50.7 Å². The molecule has 31 heavy (non-hydrogen) atoms. The summed E-state index contributed by atoms with van der Waals surface area (Å²) in [4.78, 5) is 17.1. The lowest BCUT2D eigenvalue weighted by Crippen LogP contribution is -2.20. The standard InChI is InChI=1S/C27H24N2O2/c1-19-12-13-20(2)25(16-19)28-17-24-23-11-7-6-8-21(23)14-15-26(24)31-18-27(30)29-22-9-4-3-5-10-22/h3-17H,18H2,1-2H3,(H,29,30). The quantitative estimate of drug-likeness (QED) is 0.385. The Kier molecular flexibility index (Phi) is 6.08. The summed E-state index contributed by atoms with van der Waals surface area (Å²) in [5.41, 5.74) is 4.77. The van der Waals surface area contributed by atoms with Crippen LogP contribution in [-0.4, -0.2) is 18.7 Å². The minimum absolute atomic E-state index is 0.0858. The Bertz CT molecular complexity index is 1250. The van der Waals surface area contributed by atoms with Gasteiger partial charge in [0.1, 0.15) is 5.75 Å². The van der Waals surface area contributed by atoms with E-state index in [1.165, 1.54) is 0 Å². The van der Waals surface area contributed by atoms with Gasteiger partial charge in [-0.1, -0.05) is 60.7 Å². The van der Waals surface area contributed by atoms with E-state index in [-0.39, 0.29) is 12.5 Å². The summed E-state index contributed by atoms with van der Waals surface area (Å²) in [7, 11) is 0. The monoisotopic (exact) mass is 408 g/mol. The van der Waals surface area contributed by atoms with Gasteiger partial charge in [0, 0.05) is 17.5 Å². The van der Waals surface area contributed by atoms with E-state index < -0.39 is 0 Å². The van der Waals surface area contributed by atoms with E-state index in [1.807, 2.05) is 73.8 Å². The minimum atomic E-state index is -0.211. The number of fused-ring (bicyclic) bond motifs is 1. The largest absolute Gasteiger partial charge is 0.483 e. The van der Waals surface area contributed by atoms with Crippen LogP contribution < -0.4 is 10.1 Å². The third kappa shape index (κ3) is 4.98. The maximum absolute atomic E-state index is 12.4. The third-order valence-corrected chi connectivity index (χ3v) is 5.04. The zero-order chi connectivity index (χ0) is 21.6. The van der Waals surface area contributed by atoms with Crippen LogP contribution in [0.5, 0.6) is 5.75 Å². The number of carbonyl (C=O) groups is 1. The Hall–Kier alpha value is -3.92. The maximum atomic E-state index is 12.4. The van der Waals surface area contributed by atoms with Crippen LogP contribution in [0.1, 0.15) is 16.7 Å². The summed E-state index contributed by atoms with van der Waals surface area (Å²) >= 11 is 0. The Morgan fingerprint density at radius 1 is 0.935 bits per heavy atom. The number of hydrogen-bond acceptors (Lipinski definition) is 3. The predicted molar refractivity (Wildman–Crippen MR) is 128 cm³/mol. The van der Waals surface area contributed by atoms with Gasteiger partial charge in [0.05, 0.1) is 5.69 Å². The molecule has 0 aliphatic carbocycles. The van der Waals surface area contributed by atoms with Gasteiger partial charge in [0.15, 0.2) is 6.61 Å². The van der Waals surface area contributed by atoms with Gasteiger partial charge in [-0.3, -0.25) is 9.79 Å². The van der Waals surface area contributed by atoms with Crippen molar-refractivity contribution in [3.8, 4) is 5.75 Å². The molecule has 0 saturated carbocycles. The number of amides is 1. The molecule has 4 nitrogen and oxygen atoms in total. The molecule has 4 aromatic carbocycles. The van der Waals surface area contributed by atoms with Gasteiger partial charge < -0.3 is 10.1 Å². The van der Waals surface area contributed by atoms with Gasteiger partial charge in [-0.15, -0.1) is 0 Å². The number of nitrogens with zero attached hydrogens (tertiary/aromatic N) is 1. The molecule has 1 N–H and O–H groups in total. The average Bonchev–Trinajstić information content (AvgIpc) is 2.79. The first kappa shape index (κ1) is 20.4. The van der Waals surface area contributed by atoms with Crippen molar-refractivity contribution in [2.45, 2.75) is 13.8 Å². The first-order valence-corrected chi connectivity index (χ1v) is 10.2. The zero-order valence-corrected chi connectivity index (χ0v) is 17.6. The van der Waals surface area contributed by atoms with Gasteiger partial charge in [-0.05, 0) is 60.0 Å². The highest BCUT2D eigenvalue weighted by atomic mass is 16.5. The van der Waals surface area contributed by atoms with E-state index in [2.05, 4.69) is 36.5 Å². The molecule has 0 aromatic heterocycles. The normalized spacial score (nSPS) is 11.0. The van der Waals surface area contributed by atoms with Crippen LogP contribution in [0.2, 0.25) is 0 Å². The third-order valence-electron chi connectivity index (χ3n) is 5.04. The molecule has 0 radical (unpaired) electrons. The summed E-state index contributed by atoms with van der Waals surface area (Å²) in [5.74, 6) is 0.410. The second kappa shape index (κ2) is 9.26. The van der Waals surface area contributed by atoms with Gasteiger partial charge in [-0.25, -0.2) is 0 Å². The number of ether oxygens (including phenoxy) is 1. The number of hydrogen-bond donors (Lipinski definition) is 1. The molecule has 0 aliphatic rings. The highest BCUT2D eigenvalue weighted by Crippen LogP contribution is 2.28. The van der Waals surface area contributed by atoms with Crippen LogP contribution in [0.15, 0.2) is 89.9 Å². The highest BCUT2D eigenvalue weighted by molar-refractivity contribution is 6.03. The second-order valence-electron chi connectivity index (χ2n) is 7.45. The summed E-state index contributed by atoms with van der Waals surface area (Å²) in [6.07, 6.45) is 1.83. The molecule has 0 bridgehead atoms. The number of carbonyl (C=O) groups excluding carboxylic acids is 1. The molecule has 0 fully saturated rings. The smallest absolute Gasteiger partial charge is 0.262 e. The van der Waals surface area contributed by atoms with Gasteiger partial charge >= 0.3 is 0 Å². The van der Waals surface area contributed by atoms with Crippen LogP contribution >= 0.6 is 0 Å². The lowest BCUT2D eigenvalue weighted by Gasteiger charge is -2.12. The molecule has 0 spiro atoms. The van der Waals surface area contributed by atoms with Crippen molar-refractivity contribution in [3.63, 3.8) is 0 Å². The summed E-state index contributed by atoms with van der Waals surface area (Å²) in [6, 6.07) is 27.5. The predicted octanol–water partition coefficient (Wildman–Crippen LogP) is 6.22. The molecule has 0 unspecified atom stereocenters. The van der Waals surface area contributed by atoms with Crippen LogP contribution in [-0.2, 0) is 4.79 Å². The minimum Gasteiger partial charge on any atom is -0.483 e. The first-order valence-electron chi connectivity index (χ1n) is 10.2. The van der Waals surface area contributed by atoms with Crippen molar-refractivity contribution < 1.29 is 9.53 Å². The molecule has 4 heteroatoms. The summed E-state index contributed by atoms with van der Waals surface area (Å²) in [6.45, 7) is 4.01. The number of anilines is 1. The molecule has 1 amide bonds. The molecular formula is C27H24N2O2. The summed E-state index contributed by atoms with van der Waals surface area (Å²) < 4.78 is 5.92. The number of aliphatic imine (C=N–C) groups is 1. The fourth-order valence-electron chi connectivity index (χ4n) is 3.39. The van der Waals surface area contributed by atoms with Gasteiger partial charge in [0.25, 0.3) is 5.91 Å². The van der Waals surface area contributed by atoms with Gasteiger partial charge in [-0.2, -0.15) is 0 Å². The second-order valence-corrected chi connectivity index (χ2v) is 7.45. The van der Waals surface area contributed by atoms with Crippen LogP contribution in [0.25, 0.3) is 10.8 Å². The van der Waals surface area contributed by atoms with Crippen LogP contribution in [0, 0.1) is 13.8 Å². The lowest BCUT2D eigenvalue weighted by atomic mass is 10.0. The Morgan fingerprint density at radius 2 is 1.71 bits per heavy atom. The molecule has 0 aliphatic heterocycles. The molecular weight excluding hydrogens is 384 g/mol. The summed E-state index contributed by atoms with van der Waals surface area (Å²) in [5, 5.41) is 4.96. The van der Waals surface area contributed by atoms with Crippen molar-refractivity contribution in [2.24, 2.45) is 4.99 Å². The number of benzene rings is 4. The maximum Gasteiger partial charge on any atom is 0.262 e. The average molecular weight is 409 g/mol. The van der Waals surface area contributed by atoms with Crippen molar-refractivity contribution in [1.29, 1.82) is 0 Å². The van der Waals surface area contributed by atoms with E-state index in [0.29, 0.717) is 5.75 Å². The Morgan fingerprint density at radius 3 is 2.55 bits per heavy atom. The van der Waals surface area contributed by atoms with E-state index in [4.69, 9.17) is 9.73 Å². The Labute approximate surface area is 182 Å². The van der Waals surface area contributed by atoms with Crippen molar-refractivity contribution in [1.82, 2.24) is 0 Å². The van der Waals surface area contributed by atoms with E-state index in [9.17, 15) is 4.79 Å². The molecule has 154 valence electrons. The van der Waals surface area contributed by atoms with Crippen LogP contribution in [0.3, 0.4) is 0 Å². The zero-order valence-electron chi connectivity index (χ0n) is 17.6. The lowest BCUT2D eigenvalue weighted by molar-refractivity contribution is -0.118. The molecule has 0 saturated heterocycles. The van der Waals surface area contributed by atoms with E-state index in [0.717, 1.165) is 38.8 Å². The van der Waals surface area contributed by atoms with Gasteiger partial charge in [0.2, 0.25) is 0 Å². The van der Waals surface area contributed by atoms with E-state index >= 15 is 0 Å². The fraction of sp³-hybridized carbons (Fsp3) is 0.111. The first-order chi connectivity index (χ1) is 15.1. The van der Waals surface area contributed by atoms with Crippen molar-refractivity contribution in [3.05, 3.63) is 102 Å². The number of nitrogens with one attached hydrogen (secondary N) is 1. The van der Waals surface area contributed by atoms with E-state index in [1.54, 1.807) is 0 Å². The SMILES string of the molecule is Cc1ccc(C)c(N=Cc2c(OCC(=O)Nc3ccccc3)ccc3ccccc23)c1. The highest BCUT2D eigenvalue weighted by Gasteiger charge is 2.10. The number of para-hydroxylation sites is 1. The Balaban J connectivity index is 1.62. The molecule has 0 atom stereocenters.